The molecular weight excluding hydrogens is 655 g/mol. The SMILES string of the molecule is c1ccc(-c2ccc(-c3ccc(N(c4ccccc4-c4cccc(-c5cccc6ccccc56)c4)c4cccc5c4oc4ccccc45)cc3)cc2)cc1. The van der Waals surface area contributed by atoms with E-state index in [4.69, 9.17) is 4.42 Å². The van der Waals surface area contributed by atoms with E-state index in [2.05, 4.69) is 205 Å². The van der Waals surface area contributed by atoms with E-state index in [-0.39, 0.29) is 0 Å². The van der Waals surface area contributed by atoms with Crippen molar-refractivity contribution in [3.05, 3.63) is 212 Å². The maximum Gasteiger partial charge on any atom is 0.159 e. The molecule has 254 valence electrons. The lowest BCUT2D eigenvalue weighted by Gasteiger charge is -2.28. The lowest BCUT2D eigenvalue weighted by Crippen LogP contribution is -2.11. The van der Waals surface area contributed by atoms with Crippen molar-refractivity contribution in [2.75, 3.05) is 4.90 Å². The molecule has 0 radical (unpaired) electrons. The third kappa shape index (κ3) is 5.62. The Labute approximate surface area is 314 Å². The Bertz CT molecular complexity index is 2920. The summed E-state index contributed by atoms with van der Waals surface area (Å²) < 4.78 is 6.67. The fraction of sp³-hybridized carbons (Fsp3) is 0. The molecule has 0 unspecified atom stereocenters. The fourth-order valence-electron chi connectivity index (χ4n) is 7.85. The van der Waals surface area contributed by atoms with Crippen LogP contribution in [0.5, 0.6) is 0 Å². The van der Waals surface area contributed by atoms with Crippen molar-refractivity contribution >= 4 is 49.8 Å². The molecule has 0 N–H and O–H groups in total. The molecule has 1 aromatic heterocycles. The topological polar surface area (TPSA) is 16.4 Å². The number of furan rings is 1. The number of hydrogen-bond donors (Lipinski definition) is 0. The van der Waals surface area contributed by atoms with Crippen molar-refractivity contribution in [1.29, 1.82) is 0 Å². The number of rotatable bonds is 7. The Hall–Kier alpha value is -7.16. The van der Waals surface area contributed by atoms with Crippen LogP contribution in [0.3, 0.4) is 0 Å². The van der Waals surface area contributed by atoms with Gasteiger partial charge in [0.2, 0.25) is 0 Å². The zero-order valence-electron chi connectivity index (χ0n) is 29.6. The van der Waals surface area contributed by atoms with Gasteiger partial charge in [-0.1, -0.05) is 176 Å². The van der Waals surface area contributed by atoms with Crippen LogP contribution >= 0.6 is 0 Å². The van der Waals surface area contributed by atoms with E-state index in [0.29, 0.717) is 0 Å². The molecule has 1 heterocycles. The van der Waals surface area contributed by atoms with Gasteiger partial charge in [0, 0.05) is 22.0 Å². The van der Waals surface area contributed by atoms with Gasteiger partial charge in [0.25, 0.3) is 0 Å². The van der Waals surface area contributed by atoms with E-state index in [0.717, 1.165) is 55.7 Å². The van der Waals surface area contributed by atoms with E-state index in [9.17, 15) is 0 Å². The van der Waals surface area contributed by atoms with Gasteiger partial charge >= 0.3 is 0 Å². The molecule has 0 saturated heterocycles. The predicted octanol–water partition coefficient (Wildman–Crippen LogP) is 14.9. The summed E-state index contributed by atoms with van der Waals surface area (Å²) in [6.07, 6.45) is 0. The van der Waals surface area contributed by atoms with Crippen LogP contribution in [0.4, 0.5) is 17.1 Å². The summed E-state index contributed by atoms with van der Waals surface area (Å²) in [6.45, 7) is 0. The zero-order valence-corrected chi connectivity index (χ0v) is 29.6. The lowest BCUT2D eigenvalue weighted by molar-refractivity contribution is 0.669. The minimum absolute atomic E-state index is 0.860. The molecule has 0 bridgehead atoms. The van der Waals surface area contributed by atoms with Crippen LogP contribution in [-0.4, -0.2) is 0 Å². The van der Waals surface area contributed by atoms with Crippen LogP contribution < -0.4 is 4.90 Å². The third-order valence-corrected chi connectivity index (χ3v) is 10.5. The van der Waals surface area contributed by atoms with E-state index in [1.54, 1.807) is 0 Å². The molecule has 0 aliphatic rings. The first-order valence-corrected chi connectivity index (χ1v) is 18.4. The maximum absolute atomic E-state index is 6.67. The van der Waals surface area contributed by atoms with Gasteiger partial charge in [0.05, 0.1) is 11.4 Å². The molecule has 0 fully saturated rings. The molecule has 2 heteroatoms. The largest absolute Gasteiger partial charge is 0.454 e. The van der Waals surface area contributed by atoms with Crippen molar-refractivity contribution in [2.45, 2.75) is 0 Å². The number of nitrogens with zero attached hydrogens (tertiary/aromatic N) is 1. The first-order chi connectivity index (χ1) is 26.8. The number of benzene rings is 9. The standard InChI is InChI=1S/C52H35NO/c1-2-13-36(14-3-1)37-27-29-38(30-28-37)39-31-33-43(34-32-39)53(50-25-12-23-48-47-21-7-9-26-51(47)54-52(48)50)49-24-8-6-20-46(49)42-18-10-17-41(35-42)45-22-11-16-40-15-4-5-19-44(40)45/h1-35H. The highest BCUT2D eigenvalue weighted by Gasteiger charge is 2.22. The number of anilines is 3. The van der Waals surface area contributed by atoms with Gasteiger partial charge in [-0.2, -0.15) is 0 Å². The monoisotopic (exact) mass is 689 g/mol. The summed E-state index contributed by atoms with van der Waals surface area (Å²) in [6, 6.07) is 75.8. The summed E-state index contributed by atoms with van der Waals surface area (Å²) >= 11 is 0. The number of para-hydroxylation sites is 3. The summed E-state index contributed by atoms with van der Waals surface area (Å²) in [5.41, 5.74) is 14.3. The lowest BCUT2D eigenvalue weighted by atomic mass is 9.94. The van der Waals surface area contributed by atoms with Crippen molar-refractivity contribution < 1.29 is 4.42 Å². The van der Waals surface area contributed by atoms with Crippen LogP contribution in [0.25, 0.3) is 77.2 Å². The first kappa shape index (κ1) is 31.6. The normalized spacial score (nSPS) is 11.3. The van der Waals surface area contributed by atoms with Crippen molar-refractivity contribution in [3.8, 4) is 44.5 Å². The van der Waals surface area contributed by atoms with Crippen molar-refractivity contribution in [3.63, 3.8) is 0 Å². The van der Waals surface area contributed by atoms with Crippen LogP contribution in [0, 0.1) is 0 Å². The quantitative estimate of drug-likeness (QED) is 0.166. The summed E-state index contributed by atoms with van der Waals surface area (Å²) in [5.74, 6) is 0. The Morgan fingerprint density at radius 1 is 0.315 bits per heavy atom. The molecule has 10 rings (SSSR count). The molecule has 0 aliphatic heterocycles. The predicted molar refractivity (Wildman–Crippen MR) is 228 cm³/mol. The Kier molecular flexibility index (Phi) is 7.85. The molecule has 10 aromatic rings. The molecule has 2 nitrogen and oxygen atoms in total. The van der Waals surface area contributed by atoms with Gasteiger partial charge in [0.15, 0.2) is 5.58 Å². The number of fused-ring (bicyclic) bond motifs is 4. The number of hydrogen-bond acceptors (Lipinski definition) is 2. The highest BCUT2D eigenvalue weighted by Crippen LogP contribution is 2.46. The van der Waals surface area contributed by atoms with Crippen LogP contribution in [0.2, 0.25) is 0 Å². The average molecular weight is 690 g/mol. The summed E-state index contributed by atoms with van der Waals surface area (Å²) in [7, 11) is 0. The highest BCUT2D eigenvalue weighted by molar-refractivity contribution is 6.11. The van der Waals surface area contributed by atoms with Crippen molar-refractivity contribution in [1.82, 2.24) is 0 Å². The maximum atomic E-state index is 6.67. The van der Waals surface area contributed by atoms with Gasteiger partial charge in [-0.15, -0.1) is 0 Å². The minimum Gasteiger partial charge on any atom is -0.454 e. The van der Waals surface area contributed by atoms with Gasteiger partial charge in [-0.3, -0.25) is 0 Å². The fourth-order valence-corrected chi connectivity index (χ4v) is 7.85. The minimum atomic E-state index is 0.860. The van der Waals surface area contributed by atoms with E-state index in [1.807, 2.05) is 12.1 Å². The molecule has 0 saturated carbocycles. The van der Waals surface area contributed by atoms with Crippen LogP contribution in [-0.2, 0) is 0 Å². The van der Waals surface area contributed by atoms with Gasteiger partial charge in [0.1, 0.15) is 5.58 Å². The first-order valence-electron chi connectivity index (χ1n) is 18.4. The summed E-state index contributed by atoms with van der Waals surface area (Å²) in [5, 5.41) is 4.69. The summed E-state index contributed by atoms with van der Waals surface area (Å²) in [4.78, 5) is 2.35. The molecule has 54 heavy (non-hydrogen) atoms. The second kappa shape index (κ2) is 13.4. The molecule has 9 aromatic carbocycles. The average Bonchev–Trinajstić information content (AvgIpc) is 3.64. The van der Waals surface area contributed by atoms with Gasteiger partial charge in [-0.25, -0.2) is 0 Å². The second-order valence-electron chi connectivity index (χ2n) is 13.7. The van der Waals surface area contributed by atoms with E-state index >= 15 is 0 Å². The molecule has 0 aliphatic carbocycles. The zero-order chi connectivity index (χ0) is 35.8. The van der Waals surface area contributed by atoms with Crippen molar-refractivity contribution in [2.24, 2.45) is 0 Å². The Morgan fingerprint density at radius 2 is 0.815 bits per heavy atom. The Morgan fingerprint density at radius 3 is 1.61 bits per heavy atom. The van der Waals surface area contributed by atoms with E-state index < -0.39 is 0 Å². The molecule has 0 atom stereocenters. The molecule has 0 amide bonds. The van der Waals surface area contributed by atoms with E-state index in [1.165, 1.54) is 38.6 Å². The molecule has 0 spiro atoms. The highest BCUT2D eigenvalue weighted by atomic mass is 16.3. The Balaban J connectivity index is 1.12. The van der Waals surface area contributed by atoms with Crippen LogP contribution in [0.15, 0.2) is 217 Å². The second-order valence-corrected chi connectivity index (χ2v) is 13.7. The van der Waals surface area contributed by atoms with Gasteiger partial charge < -0.3 is 9.32 Å². The smallest absolute Gasteiger partial charge is 0.159 e. The molecular formula is C52H35NO. The van der Waals surface area contributed by atoms with Gasteiger partial charge in [-0.05, 0) is 86.1 Å². The van der Waals surface area contributed by atoms with Crippen LogP contribution in [0.1, 0.15) is 0 Å². The third-order valence-electron chi connectivity index (χ3n) is 10.5.